The van der Waals surface area contributed by atoms with Gasteiger partial charge >= 0.3 is 5.97 Å². The number of hydrogen-bond donors (Lipinski definition) is 0. The van der Waals surface area contributed by atoms with Gasteiger partial charge in [0, 0.05) is 6.42 Å². The van der Waals surface area contributed by atoms with Crippen LogP contribution in [0.4, 0.5) is 0 Å². The molecule has 15 heavy (non-hydrogen) atoms. The minimum atomic E-state index is -0.177. The number of carbonyl (C=O) groups excluding carboxylic acids is 1. The highest BCUT2D eigenvalue weighted by Crippen LogP contribution is 2.12. The number of rotatable bonds is 5. The van der Waals surface area contributed by atoms with Crippen molar-refractivity contribution in [2.45, 2.75) is 26.9 Å². The second kappa shape index (κ2) is 6.06. The van der Waals surface area contributed by atoms with Crippen LogP contribution >= 0.6 is 0 Å². The Morgan fingerprint density at radius 1 is 1.20 bits per heavy atom. The fourth-order valence-corrected chi connectivity index (χ4v) is 1.11. The maximum Gasteiger partial charge on any atom is 0.305 e. The summed E-state index contributed by atoms with van der Waals surface area (Å²) >= 11 is 0. The van der Waals surface area contributed by atoms with Gasteiger partial charge < -0.3 is 9.47 Å². The highest BCUT2D eigenvalue weighted by Gasteiger charge is 1.99. The maximum absolute atomic E-state index is 10.9. The lowest BCUT2D eigenvalue weighted by molar-refractivity contribution is -0.144. The Kier molecular flexibility index (Phi) is 4.68. The summed E-state index contributed by atoms with van der Waals surface area (Å²) in [5, 5.41) is 0. The molecule has 0 bridgehead atoms. The topological polar surface area (TPSA) is 35.5 Å². The van der Waals surface area contributed by atoms with E-state index in [9.17, 15) is 4.79 Å². The average molecular weight is 208 g/mol. The third-order valence-corrected chi connectivity index (χ3v) is 1.92. The molecule has 1 aromatic rings. The monoisotopic (exact) mass is 208 g/mol. The molecule has 82 valence electrons. The minimum Gasteiger partial charge on any atom is -0.494 e. The predicted molar refractivity (Wildman–Crippen MR) is 57.7 cm³/mol. The second-order valence-corrected chi connectivity index (χ2v) is 3.09. The molecule has 0 unspecified atom stereocenters. The van der Waals surface area contributed by atoms with E-state index in [2.05, 4.69) is 0 Å². The lowest BCUT2D eigenvalue weighted by atomic mass is 10.2. The second-order valence-electron chi connectivity index (χ2n) is 3.09. The Morgan fingerprint density at radius 2 is 1.87 bits per heavy atom. The summed E-state index contributed by atoms with van der Waals surface area (Å²) in [6.07, 6.45) is 0.414. The molecule has 1 aromatic carbocycles. The molecule has 0 heterocycles. The quantitative estimate of drug-likeness (QED) is 0.697. The molecule has 0 aliphatic carbocycles. The van der Waals surface area contributed by atoms with Crippen molar-refractivity contribution in [2.24, 2.45) is 0 Å². The molecule has 0 saturated carbocycles. The van der Waals surface area contributed by atoms with Crippen molar-refractivity contribution in [3.63, 3.8) is 0 Å². The number of carbonyl (C=O) groups is 1. The molecule has 0 amide bonds. The molecule has 0 radical (unpaired) electrons. The summed E-state index contributed by atoms with van der Waals surface area (Å²) in [6, 6.07) is 7.54. The zero-order valence-electron chi connectivity index (χ0n) is 9.16. The van der Waals surface area contributed by atoms with E-state index in [1.807, 2.05) is 31.2 Å². The number of esters is 1. The van der Waals surface area contributed by atoms with Gasteiger partial charge in [0.05, 0.1) is 6.61 Å². The molecule has 0 aromatic heterocycles. The van der Waals surface area contributed by atoms with Crippen molar-refractivity contribution in [3.8, 4) is 5.75 Å². The molecule has 0 aliphatic rings. The van der Waals surface area contributed by atoms with Crippen LogP contribution in [0.5, 0.6) is 5.75 Å². The van der Waals surface area contributed by atoms with Crippen molar-refractivity contribution in [1.82, 2.24) is 0 Å². The maximum atomic E-state index is 10.9. The van der Waals surface area contributed by atoms with E-state index in [1.54, 1.807) is 6.92 Å². The first-order valence-electron chi connectivity index (χ1n) is 5.13. The zero-order chi connectivity index (χ0) is 11.1. The van der Waals surface area contributed by atoms with E-state index in [0.717, 1.165) is 11.3 Å². The van der Waals surface area contributed by atoms with Gasteiger partial charge in [-0.3, -0.25) is 4.79 Å². The third kappa shape index (κ3) is 4.02. The molecular weight excluding hydrogens is 192 g/mol. The van der Waals surface area contributed by atoms with Crippen LogP contribution in [0.3, 0.4) is 0 Å². The molecule has 0 fully saturated rings. The molecule has 3 nitrogen and oxygen atoms in total. The number of ether oxygens (including phenoxy) is 2. The van der Waals surface area contributed by atoms with Crippen LogP contribution in [0.15, 0.2) is 24.3 Å². The smallest absolute Gasteiger partial charge is 0.305 e. The van der Waals surface area contributed by atoms with Crippen molar-refractivity contribution < 1.29 is 14.3 Å². The standard InChI is InChI=1S/C12H16O3/c1-3-12(13)15-9-10-5-7-11(8-6-10)14-4-2/h5-8H,3-4,9H2,1-2H3. The number of hydrogen-bond acceptors (Lipinski definition) is 3. The molecule has 0 atom stereocenters. The van der Waals surface area contributed by atoms with Gasteiger partial charge in [-0.15, -0.1) is 0 Å². The first kappa shape index (κ1) is 11.6. The van der Waals surface area contributed by atoms with Crippen molar-refractivity contribution in [2.75, 3.05) is 6.61 Å². The molecule has 3 heteroatoms. The highest BCUT2D eigenvalue weighted by atomic mass is 16.5. The van der Waals surface area contributed by atoms with E-state index < -0.39 is 0 Å². The Balaban J connectivity index is 2.45. The van der Waals surface area contributed by atoms with Crippen LogP contribution < -0.4 is 4.74 Å². The molecule has 0 saturated heterocycles. The molecule has 1 rings (SSSR count). The highest BCUT2D eigenvalue weighted by molar-refractivity contribution is 5.68. The summed E-state index contributed by atoms with van der Waals surface area (Å²) in [7, 11) is 0. The average Bonchev–Trinajstić information content (AvgIpc) is 2.28. The fraction of sp³-hybridized carbons (Fsp3) is 0.417. The van der Waals surface area contributed by atoms with Gasteiger partial charge in [-0.05, 0) is 24.6 Å². The van der Waals surface area contributed by atoms with Gasteiger partial charge in [0.1, 0.15) is 12.4 Å². The normalized spacial score (nSPS) is 9.73. The van der Waals surface area contributed by atoms with Crippen LogP contribution in [0.1, 0.15) is 25.8 Å². The molecule has 0 aliphatic heterocycles. The fourth-order valence-electron chi connectivity index (χ4n) is 1.11. The van der Waals surface area contributed by atoms with Gasteiger partial charge in [-0.1, -0.05) is 19.1 Å². The van der Waals surface area contributed by atoms with Crippen molar-refractivity contribution >= 4 is 5.97 Å². The number of benzene rings is 1. The first-order valence-corrected chi connectivity index (χ1v) is 5.13. The lowest BCUT2D eigenvalue weighted by Crippen LogP contribution is -2.02. The Bertz CT molecular complexity index is 303. The van der Waals surface area contributed by atoms with Crippen LogP contribution in [0.2, 0.25) is 0 Å². The summed E-state index contributed by atoms with van der Waals surface area (Å²) < 4.78 is 10.3. The van der Waals surface area contributed by atoms with Gasteiger partial charge in [0.2, 0.25) is 0 Å². The Hall–Kier alpha value is -1.51. The van der Waals surface area contributed by atoms with Crippen molar-refractivity contribution in [3.05, 3.63) is 29.8 Å². The van der Waals surface area contributed by atoms with Crippen LogP contribution in [0.25, 0.3) is 0 Å². The van der Waals surface area contributed by atoms with Gasteiger partial charge in [0.25, 0.3) is 0 Å². The van der Waals surface area contributed by atoms with Crippen LogP contribution in [-0.2, 0) is 16.1 Å². The summed E-state index contributed by atoms with van der Waals surface area (Å²) in [5.74, 6) is 0.659. The van der Waals surface area contributed by atoms with Gasteiger partial charge in [-0.25, -0.2) is 0 Å². The molecular formula is C12H16O3. The van der Waals surface area contributed by atoms with Crippen molar-refractivity contribution in [1.29, 1.82) is 0 Å². The van der Waals surface area contributed by atoms with E-state index >= 15 is 0 Å². The SMILES string of the molecule is CCOc1ccc(COC(=O)CC)cc1. The minimum absolute atomic E-state index is 0.177. The van der Waals surface area contributed by atoms with Crippen LogP contribution in [-0.4, -0.2) is 12.6 Å². The van der Waals surface area contributed by atoms with Gasteiger partial charge in [-0.2, -0.15) is 0 Å². The zero-order valence-corrected chi connectivity index (χ0v) is 9.16. The molecule has 0 spiro atoms. The Morgan fingerprint density at radius 3 is 2.40 bits per heavy atom. The van der Waals surface area contributed by atoms with E-state index in [1.165, 1.54) is 0 Å². The predicted octanol–water partition coefficient (Wildman–Crippen LogP) is 2.54. The largest absolute Gasteiger partial charge is 0.494 e. The summed E-state index contributed by atoms with van der Waals surface area (Å²) in [6.45, 7) is 4.71. The van der Waals surface area contributed by atoms with Crippen LogP contribution in [0, 0.1) is 0 Å². The summed E-state index contributed by atoms with van der Waals surface area (Å²) in [4.78, 5) is 10.9. The summed E-state index contributed by atoms with van der Waals surface area (Å²) in [5.41, 5.74) is 0.972. The van der Waals surface area contributed by atoms with E-state index in [0.29, 0.717) is 19.6 Å². The third-order valence-electron chi connectivity index (χ3n) is 1.92. The first-order chi connectivity index (χ1) is 7.26. The van der Waals surface area contributed by atoms with E-state index in [-0.39, 0.29) is 5.97 Å². The molecule has 0 N–H and O–H groups in total. The van der Waals surface area contributed by atoms with E-state index in [4.69, 9.17) is 9.47 Å². The Labute approximate surface area is 90.0 Å². The lowest BCUT2D eigenvalue weighted by Gasteiger charge is -2.05. The van der Waals surface area contributed by atoms with Gasteiger partial charge in [0.15, 0.2) is 0 Å².